The normalized spacial score (nSPS) is 12.3. The van der Waals surface area contributed by atoms with E-state index >= 15 is 0 Å². The van der Waals surface area contributed by atoms with Crippen LogP contribution in [0.15, 0.2) is 30.3 Å². The van der Waals surface area contributed by atoms with E-state index in [1.54, 1.807) is 0 Å². The molecule has 18 heavy (non-hydrogen) atoms. The Kier molecular flexibility index (Phi) is 4.97. The van der Waals surface area contributed by atoms with Gasteiger partial charge in [-0.15, -0.1) is 0 Å². The van der Waals surface area contributed by atoms with Crippen molar-refractivity contribution in [2.24, 2.45) is 5.41 Å². The Morgan fingerprint density at radius 1 is 1.17 bits per heavy atom. The summed E-state index contributed by atoms with van der Waals surface area (Å²) in [4.78, 5) is 12.1. The minimum absolute atomic E-state index is 0.0672. The lowest BCUT2D eigenvalue weighted by atomic mass is 9.84. The van der Waals surface area contributed by atoms with Crippen LogP contribution in [0.3, 0.4) is 0 Å². The van der Waals surface area contributed by atoms with Crippen molar-refractivity contribution < 1.29 is 9.53 Å². The summed E-state index contributed by atoms with van der Waals surface area (Å²) in [7, 11) is 0. The van der Waals surface area contributed by atoms with Gasteiger partial charge in [0.15, 0.2) is 0 Å². The lowest BCUT2D eigenvalue weighted by Gasteiger charge is -2.29. The average molecular weight is 313 g/mol. The Hall–Kier alpha value is -0.830. The molecule has 0 spiro atoms. The van der Waals surface area contributed by atoms with Gasteiger partial charge in [-0.3, -0.25) is 4.79 Å². The number of carbonyl (C=O) groups excluding carboxylic acids is 1. The number of carbonyl (C=O) groups is 1. The molecule has 0 atom stereocenters. The van der Waals surface area contributed by atoms with Crippen molar-refractivity contribution in [2.45, 2.75) is 45.0 Å². The smallest absolute Gasteiger partial charge is 0.311 e. The van der Waals surface area contributed by atoms with Crippen molar-refractivity contribution in [3.63, 3.8) is 0 Å². The Morgan fingerprint density at radius 2 is 1.72 bits per heavy atom. The van der Waals surface area contributed by atoms with E-state index in [2.05, 4.69) is 29.8 Å². The summed E-state index contributed by atoms with van der Waals surface area (Å²) in [6.07, 6.45) is 0.730. The van der Waals surface area contributed by atoms with Crippen LogP contribution < -0.4 is 0 Å². The maximum absolute atomic E-state index is 12.1. The monoisotopic (exact) mass is 312 g/mol. The predicted octanol–water partition coefficient (Wildman–Crippen LogP) is 4.32. The minimum atomic E-state index is -0.484. The van der Waals surface area contributed by atoms with Crippen LogP contribution in [-0.4, -0.2) is 10.3 Å². The largest absolute Gasteiger partial charge is 0.460 e. The van der Waals surface area contributed by atoms with E-state index in [0.717, 1.165) is 12.0 Å². The number of alkyl halides is 1. The molecule has 0 unspecified atom stereocenters. The van der Waals surface area contributed by atoms with Gasteiger partial charge in [0.05, 0.1) is 5.41 Å². The molecule has 0 aliphatic rings. The number of esters is 1. The molecule has 0 fully saturated rings. The second-order valence-electron chi connectivity index (χ2n) is 5.84. The summed E-state index contributed by atoms with van der Waals surface area (Å²) in [5.41, 5.74) is 0.529. The summed E-state index contributed by atoms with van der Waals surface area (Å²) in [6.45, 7) is 8.29. The van der Waals surface area contributed by atoms with Gasteiger partial charge in [-0.25, -0.2) is 0 Å². The number of hydrogen-bond donors (Lipinski definition) is 0. The standard InChI is InChI=1S/C15H21BrO2/c1-14(2,11-15(3,4)16)13(17)18-10-12-8-6-5-7-9-12/h5-9H,10-11H2,1-4H3. The van der Waals surface area contributed by atoms with Crippen LogP contribution in [0.25, 0.3) is 0 Å². The van der Waals surface area contributed by atoms with Gasteiger partial charge in [0.2, 0.25) is 0 Å². The van der Waals surface area contributed by atoms with E-state index in [9.17, 15) is 4.79 Å². The van der Waals surface area contributed by atoms with Gasteiger partial charge in [0.1, 0.15) is 6.61 Å². The van der Waals surface area contributed by atoms with Crippen molar-refractivity contribution in [3.05, 3.63) is 35.9 Å². The Labute approximate surface area is 118 Å². The van der Waals surface area contributed by atoms with Gasteiger partial charge in [-0.2, -0.15) is 0 Å². The molecule has 0 aliphatic heterocycles. The van der Waals surface area contributed by atoms with Gasteiger partial charge >= 0.3 is 5.97 Å². The highest BCUT2D eigenvalue weighted by molar-refractivity contribution is 9.10. The van der Waals surface area contributed by atoms with Crippen molar-refractivity contribution in [1.82, 2.24) is 0 Å². The molecular formula is C15H21BrO2. The first-order valence-corrected chi connectivity index (χ1v) is 6.90. The maximum atomic E-state index is 12.1. The zero-order chi connectivity index (χ0) is 13.8. The van der Waals surface area contributed by atoms with Gasteiger partial charge in [-0.05, 0) is 25.8 Å². The first-order valence-electron chi connectivity index (χ1n) is 6.11. The zero-order valence-corrected chi connectivity index (χ0v) is 13.1. The summed E-state index contributed by atoms with van der Waals surface area (Å²) in [5, 5.41) is 0. The van der Waals surface area contributed by atoms with Crippen LogP contribution in [0.1, 0.15) is 39.7 Å². The van der Waals surface area contributed by atoms with Crippen molar-refractivity contribution >= 4 is 21.9 Å². The van der Waals surface area contributed by atoms with Crippen LogP contribution >= 0.6 is 15.9 Å². The first kappa shape index (κ1) is 15.2. The second-order valence-corrected chi connectivity index (χ2v) is 7.99. The van der Waals surface area contributed by atoms with Crippen molar-refractivity contribution in [2.75, 3.05) is 0 Å². The lowest BCUT2D eigenvalue weighted by molar-refractivity contribution is -0.156. The molecule has 0 heterocycles. The molecule has 100 valence electrons. The molecule has 0 radical (unpaired) electrons. The van der Waals surface area contributed by atoms with E-state index in [1.165, 1.54) is 0 Å². The Balaban J connectivity index is 2.55. The van der Waals surface area contributed by atoms with E-state index in [1.807, 2.05) is 44.2 Å². The first-order chi connectivity index (χ1) is 8.21. The molecule has 0 amide bonds. The third kappa shape index (κ3) is 5.21. The van der Waals surface area contributed by atoms with Crippen molar-refractivity contribution in [3.8, 4) is 0 Å². The predicted molar refractivity (Wildman–Crippen MR) is 77.6 cm³/mol. The quantitative estimate of drug-likeness (QED) is 0.598. The molecule has 2 nitrogen and oxygen atoms in total. The fourth-order valence-corrected chi connectivity index (χ4v) is 2.74. The van der Waals surface area contributed by atoms with Crippen LogP contribution in [0.2, 0.25) is 0 Å². The molecule has 0 aromatic heterocycles. The highest BCUT2D eigenvalue weighted by Crippen LogP contribution is 2.34. The molecule has 1 rings (SSSR count). The van der Waals surface area contributed by atoms with Crippen LogP contribution in [-0.2, 0) is 16.1 Å². The molecule has 0 saturated carbocycles. The summed E-state index contributed by atoms with van der Waals surface area (Å²) < 4.78 is 5.31. The molecule has 3 heteroatoms. The third-order valence-electron chi connectivity index (χ3n) is 2.63. The van der Waals surface area contributed by atoms with E-state index < -0.39 is 5.41 Å². The molecule has 0 N–H and O–H groups in total. The SMILES string of the molecule is CC(C)(Br)CC(C)(C)C(=O)OCc1ccccc1. The van der Waals surface area contributed by atoms with Gasteiger partial charge in [-0.1, -0.05) is 60.1 Å². The number of ether oxygens (including phenoxy) is 1. The molecule has 0 bridgehead atoms. The number of benzene rings is 1. The van der Waals surface area contributed by atoms with Gasteiger partial charge < -0.3 is 4.74 Å². The molecular weight excluding hydrogens is 292 g/mol. The van der Waals surface area contributed by atoms with E-state index in [4.69, 9.17) is 4.74 Å². The van der Waals surface area contributed by atoms with Gasteiger partial charge in [0.25, 0.3) is 0 Å². The Morgan fingerprint density at radius 3 is 2.22 bits per heavy atom. The zero-order valence-electron chi connectivity index (χ0n) is 11.5. The number of halogens is 1. The summed E-state index contributed by atoms with van der Waals surface area (Å²) in [6, 6.07) is 9.73. The molecule has 0 aliphatic carbocycles. The highest BCUT2D eigenvalue weighted by Gasteiger charge is 2.34. The fourth-order valence-electron chi connectivity index (χ4n) is 2.04. The Bertz CT molecular complexity index is 391. The molecule has 1 aromatic rings. The average Bonchev–Trinajstić information content (AvgIpc) is 2.24. The van der Waals surface area contributed by atoms with Crippen LogP contribution in [0, 0.1) is 5.41 Å². The number of rotatable bonds is 5. The number of hydrogen-bond acceptors (Lipinski definition) is 2. The topological polar surface area (TPSA) is 26.3 Å². The third-order valence-corrected chi connectivity index (χ3v) is 2.91. The second kappa shape index (κ2) is 5.87. The maximum Gasteiger partial charge on any atom is 0.311 e. The summed E-state index contributed by atoms with van der Waals surface area (Å²) >= 11 is 3.57. The van der Waals surface area contributed by atoms with E-state index in [0.29, 0.717) is 6.61 Å². The summed E-state index contributed by atoms with van der Waals surface area (Å²) in [5.74, 6) is -0.154. The highest BCUT2D eigenvalue weighted by atomic mass is 79.9. The van der Waals surface area contributed by atoms with Crippen LogP contribution in [0.5, 0.6) is 0 Å². The van der Waals surface area contributed by atoms with Crippen molar-refractivity contribution in [1.29, 1.82) is 0 Å². The molecule has 1 aromatic carbocycles. The van der Waals surface area contributed by atoms with Gasteiger partial charge in [0, 0.05) is 4.32 Å². The lowest BCUT2D eigenvalue weighted by Crippen LogP contribution is -2.32. The van der Waals surface area contributed by atoms with E-state index in [-0.39, 0.29) is 10.3 Å². The van der Waals surface area contributed by atoms with Crippen LogP contribution in [0.4, 0.5) is 0 Å². The minimum Gasteiger partial charge on any atom is -0.460 e. The fraction of sp³-hybridized carbons (Fsp3) is 0.533. The molecule has 0 saturated heterocycles.